The number of alkyl halides is 3. The van der Waals surface area contributed by atoms with E-state index in [0.717, 1.165) is 18.5 Å². The molecule has 4 nitrogen and oxygen atoms in total. The Balaban J connectivity index is 2.34. The Kier molecular flexibility index (Phi) is 4.72. The van der Waals surface area contributed by atoms with Gasteiger partial charge in [0.2, 0.25) is 5.95 Å². The van der Waals surface area contributed by atoms with Crippen LogP contribution in [0.2, 0.25) is 0 Å². The van der Waals surface area contributed by atoms with Crippen molar-refractivity contribution < 1.29 is 27.1 Å². The van der Waals surface area contributed by atoms with Gasteiger partial charge in [-0.15, -0.1) is 0 Å². The molecule has 0 bridgehead atoms. The van der Waals surface area contributed by atoms with Crippen molar-refractivity contribution in [1.29, 1.82) is 0 Å². The minimum absolute atomic E-state index is 0.0676. The zero-order valence-corrected chi connectivity index (χ0v) is 12.4. The SMILES string of the molecule is CCOC(=O)c1c(F)ncn1[C@H](C)c1ccc(C(F)(F)F)cc1. The summed E-state index contributed by atoms with van der Waals surface area (Å²) in [6.45, 7) is 3.26. The zero-order chi connectivity index (χ0) is 17.2. The minimum atomic E-state index is -4.43. The minimum Gasteiger partial charge on any atom is -0.461 e. The van der Waals surface area contributed by atoms with Crippen LogP contribution in [0, 0.1) is 5.95 Å². The second kappa shape index (κ2) is 6.39. The Hall–Kier alpha value is -2.38. The number of halogens is 4. The summed E-state index contributed by atoms with van der Waals surface area (Å²) in [5, 5.41) is 0. The maximum absolute atomic E-state index is 13.7. The van der Waals surface area contributed by atoms with Crippen LogP contribution in [0.15, 0.2) is 30.6 Å². The molecule has 0 N–H and O–H groups in total. The van der Waals surface area contributed by atoms with Gasteiger partial charge >= 0.3 is 12.1 Å². The Labute approximate surface area is 129 Å². The smallest absolute Gasteiger partial charge is 0.416 e. The molecule has 0 unspecified atom stereocenters. The molecule has 0 radical (unpaired) electrons. The van der Waals surface area contributed by atoms with Gasteiger partial charge in [0.25, 0.3) is 0 Å². The highest BCUT2D eigenvalue weighted by Crippen LogP contribution is 2.30. The van der Waals surface area contributed by atoms with Crippen LogP contribution in [0.3, 0.4) is 0 Å². The van der Waals surface area contributed by atoms with Crippen LogP contribution in [-0.2, 0) is 10.9 Å². The monoisotopic (exact) mass is 330 g/mol. The molecule has 2 rings (SSSR count). The van der Waals surface area contributed by atoms with Gasteiger partial charge in [-0.25, -0.2) is 9.78 Å². The fraction of sp³-hybridized carbons (Fsp3) is 0.333. The van der Waals surface area contributed by atoms with Crippen molar-refractivity contribution in [2.75, 3.05) is 6.61 Å². The summed E-state index contributed by atoms with van der Waals surface area (Å²) in [5.74, 6) is -1.86. The third-order valence-electron chi connectivity index (χ3n) is 3.36. The number of esters is 1. The summed E-state index contributed by atoms with van der Waals surface area (Å²) >= 11 is 0. The molecule has 23 heavy (non-hydrogen) atoms. The average Bonchev–Trinajstić information content (AvgIpc) is 2.88. The van der Waals surface area contributed by atoms with Crippen molar-refractivity contribution in [1.82, 2.24) is 9.55 Å². The molecule has 0 amide bonds. The van der Waals surface area contributed by atoms with E-state index in [-0.39, 0.29) is 12.3 Å². The van der Waals surface area contributed by atoms with Gasteiger partial charge in [-0.05, 0) is 31.5 Å². The van der Waals surface area contributed by atoms with Crippen molar-refractivity contribution in [2.45, 2.75) is 26.1 Å². The molecule has 1 heterocycles. The number of hydrogen-bond acceptors (Lipinski definition) is 3. The second-order valence-electron chi connectivity index (χ2n) is 4.81. The van der Waals surface area contributed by atoms with Crippen LogP contribution in [0.5, 0.6) is 0 Å². The molecule has 1 aromatic heterocycles. The Bertz CT molecular complexity index is 692. The lowest BCUT2D eigenvalue weighted by molar-refractivity contribution is -0.137. The van der Waals surface area contributed by atoms with E-state index in [2.05, 4.69) is 4.98 Å². The molecule has 124 valence electrons. The number of carbonyl (C=O) groups is 1. The van der Waals surface area contributed by atoms with Gasteiger partial charge in [-0.3, -0.25) is 0 Å². The highest BCUT2D eigenvalue weighted by molar-refractivity contribution is 5.87. The number of imidazole rings is 1. The molecule has 0 fully saturated rings. The molecule has 0 aliphatic rings. The van der Waals surface area contributed by atoms with E-state index in [0.29, 0.717) is 5.56 Å². The van der Waals surface area contributed by atoms with E-state index in [4.69, 9.17) is 4.74 Å². The number of carbonyl (C=O) groups excluding carboxylic acids is 1. The maximum Gasteiger partial charge on any atom is 0.416 e. The van der Waals surface area contributed by atoms with E-state index in [1.54, 1.807) is 13.8 Å². The predicted molar refractivity (Wildman–Crippen MR) is 73.4 cm³/mol. The molecule has 8 heteroatoms. The molecular weight excluding hydrogens is 316 g/mol. The van der Waals surface area contributed by atoms with E-state index in [1.165, 1.54) is 16.7 Å². The number of benzene rings is 1. The summed E-state index contributed by atoms with van der Waals surface area (Å²) in [4.78, 5) is 15.2. The lowest BCUT2D eigenvalue weighted by Crippen LogP contribution is -2.17. The fourth-order valence-electron chi connectivity index (χ4n) is 2.13. The van der Waals surface area contributed by atoms with Gasteiger partial charge in [0.05, 0.1) is 24.5 Å². The van der Waals surface area contributed by atoms with Gasteiger partial charge in [0.15, 0.2) is 5.69 Å². The van der Waals surface area contributed by atoms with Gasteiger partial charge in [-0.2, -0.15) is 17.6 Å². The second-order valence-corrected chi connectivity index (χ2v) is 4.81. The standard InChI is InChI=1S/C15H14F4N2O2/c1-3-23-14(22)12-13(16)20-8-21(12)9(2)10-4-6-11(7-5-10)15(17,18)19/h4-9H,3H2,1-2H3/t9-/m1/s1. The molecule has 1 atom stereocenters. The summed E-state index contributed by atoms with van der Waals surface area (Å²) in [6, 6.07) is 3.83. The van der Waals surface area contributed by atoms with Crippen LogP contribution >= 0.6 is 0 Å². The zero-order valence-electron chi connectivity index (χ0n) is 12.4. The summed E-state index contributed by atoms with van der Waals surface area (Å²) in [5.41, 5.74) is -0.670. The van der Waals surface area contributed by atoms with Crippen LogP contribution in [0.4, 0.5) is 17.6 Å². The van der Waals surface area contributed by atoms with Crippen LogP contribution < -0.4 is 0 Å². The number of hydrogen-bond donors (Lipinski definition) is 0. The predicted octanol–water partition coefficient (Wildman–Crippen LogP) is 3.83. The lowest BCUT2D eigenvalue weighted by Gasteiger charge is -2.17. The Morgan fingerprint density at radius 1 is 1.30 bits per heavy atom. The molecule has 0 saturated carbocycles. The average molecular weight is 330 g/mol. The van der Waals surface area contributed by atoms with Crippen molar-refractivity contribution in [3.63, 3.8) is 0 Å². The number of nitrogens with zero attached hydrogens (tertiary/aromatic N) is 2. The van der Waals surface area contributed by atoms with Crippen molar-refractivity contribution >= 4 is 5.97 Å². The van der Waals surface area contributed by atoms with Gasteiger partial charge in [0.1, 0.15) is 0 Å². The van der Waals surface area contributed by atoms with Crippen LogP contribution in [0.25, 0.3) is 0 Å². The molecule has 0 aliphatic carbocycles. The van der Waals surface area contributed by atoms with Gasteiger partial charge < -0.3 is 9.30 Å². The Morgan fingerprint density at radius 3 is 2.43 bits per heavy atom. The third-order valence-corrected chi connectivity index (χ3v) is 3.36. The van der Waals surface area contributed by atoms with Crippen LogP contribution in [0.1, 0.15) is 41.5 Å². The first-order valence-corrected chi connectivity index (χ1v) is 6.82. The normalized spacial score (nSPS) is 13.0. The fourth-order valence-corrected chi connectivity index (χ4v) is 2.13. The van der Waals surface area contributed by atoms with E-state index >= 15 is 0 Å². The first kappa shape index (κ1) is 17.0. The van der Waals surface area contributed by atoms with Crippen molar-refractivity contribution in [2.24, 2.45) is 0 Å². The van der Waals surface area contributed by atoms with Gasteiger partial charge in [-0.1, -0.05) is 12.1 Å². The molecule has 0 aliphatic heterocycles. The Morgan fingerprint density at radius 2 is 1.91 bits per heavy atom. The number of ether oxygens (including phenoxy) is 1. The molecule has 0 spiro atoms. The van der Waals surface area contributed by atoms with E-state index < -0.39 is 29.7 Å². The first-order chi connectivity index (χ1) is 10.8. The largest absolute Gasteiger partial charge is 0.461 e. The highest BCUT2D eigenvalue weighted by Gasteiger charge is 2.30. The quantitative estimate of drug-likeness (QED) is 0.632. The van der Waals surface area contributed by atoms with Crippen molar-refractivity contribution in [3.05, 3.63) is 53.4 Å². The molecule has 2 aromatic rings. The molecule has 0 saturated heterocycles. The topological polar surface area (TPSA) is 44.1 Å². The third kappa shape index (κ3) is 3.52. The van der Waals surface area contributed by atoms with E-state index in [1.807, 2.05) is 0 Å². The maximum atomic E-state index is 13.7. The van der Waals surface area contributed by atoms with E-state index in [9.17, 15) is 22.4 Å². The molecule has 1 aromatic carbocycles. The summed E-state index contributed by atoms with van der Waals surface area (Å²) in [6.07, 6.45) is -3.32. The number of rotatable bonds is 4. The number of aromatic nitrogens is 2. The van der Waals surface area contributed by atoms with Crippen molar-refractivity contribution in [3.8, 4) is 0 Å². The summed E-state index contributed by atoms with van der Waals surface area (Å²) < 4.78 is 57.4. The molecular formula is C15H14F4N2O2. The summed E-state index contributed by atoms with van der Waals surface area (Å²) in [7, 11) is 0. The van der Waals surface area contributed by atoms with Crippen LogP contribution in [-0.4, -0.2) is 22.1 Å². The van der Waals surface area contributed by atoms with Gasteiger partial charge in [0, 0.05) is 0 Å². The lowest BCUT2D eigenvalue weighted by atomic mass is 10.1. The highest BCUT2D eigenvalue weighted by atomic mass is 19.4. The first-order valence-electron chi connectivity index (χ1n) is 6.82.